The second-order valence-electron chi connectivity index (χ2n) is 6.29. The van der Waals surface area contributed by atoms with Crippen LogP contribution in [0, 0.1) is 0 Å². The van der Waals surface area contributed by atoms with Crippen LogP contribution in [0.15, 0.2) is 10.7 Å². The van der Waals surface area contributed by atoms with Gasteiger partial charge in [0.15, 0.2) is 0 Å². The monoisotopic (exact) mass is 372 g/mol. The number of methoxy groups -OCH3 is 1. The molecule has 0 aromatic carbocycles. The van der Waals surface area contributed by atoms with Crippen molar-refractivity contribution in [3.63, 3.8) is 0 Å². The molecule has 1 amide bonds. The lowest BCUT2D eigenvalue weighted by Crippen LogP contribution is -2.31. The molecule has 116 valence electrons. The number of halogens is 1. The quantitative estimate of drug-likeness (QED) is 0.568. The van der Waals surface area contributed by atoms with Gasteiger partial charge in [0.25, 0.3) is 0 Å². The van der Waals surface area contributed by atoms with Gasteiger partial charge >= 0.3 is 0 Å². The van der Waals surface area contributed by atoms with Crippen molar-refractivity contribution in [2.45, 2.75) is 32.1 Å². The molecule has 0 aliphatic carbocycles. The van der Waals surface area contributed by atoms with Gasteiger partial charge in [0.1, 0.15) is 18.3 Å². The van der Waals surface area contributed by atoms with E-state index >= 15 is 0 Å². The first-order valence-corrected chi connectivity index (χ1v) is 11.4. The van der Waals surface area contributed by atoms with E-state index in [-0.39, 0.29) is 12.6 Å². The van der Waals surface area contributed by atoms with E-state index in [4.69, 9.17) is 9.47 Å². The highest BCUT2D eigenvalue weighted by Gasteiger charge is 2.32. The summed E-state index contributed by atoms with van der Waals surface area (Å²) < 4.78 is 11.8. The van der Waals surface area contributed by atoms with E-state index in [2.05, 4.69) is 40.6 Å². The van der Waals surface area contributed by atoms with Crippen molar-refractivity contribution < 1.29 is 14.3 Å². The summed E-state index contributed by atoms with van der Waals surface area (Å²) in [5.41, 5.74) is 0.825. The molecule has 0 saturated carbocycles. The van der Waals surface area contributed by atoms with Crippen molar-refractivity contribution in [3.8, 4) is 5.75 Å². The SMILES string of the molecule is COc1c(Br)cnc2c1CC(=O)N2COCC[Si](C)(C)C. The Balaban J connectivity index is 2.06. The molecule has 0 atom stereocenters. The van der Waals surface area contributed by atoms with Gasteiger partial charge in [0.2, 0.25) is 5.91 Å². The van der Waals surface area contributed by atoms with Crippen LogP contribution in [0.1, 0.15) is 5.56 Å². The third kappa shape index (κ3) is 3.84. The van der Waals surface area contributed by atoms with Crippen LogP contribution in [0.5, 0.6) is 5.75 Å². The summed E-state index contributed by atoms with van der Waals surface area (Å²) in [6, 6.07) is 1.08. The summed E-state index contributed by atoms with van der Waals surface area (Å²) in [5.74, 6) is 1.33. The number of fused-ring (bicyclic) bond motifs is 1. The maximum atomic E-state index is 12.1. The minimum Gasteiger partial charge on any atom is -0.495 e. The number of hydrogen-bond acceptors (Lipinski definition) is 4. The Bertz CT molecular complexity index is 546. The molecule has 0 bridgehead atoms. The van der Waals surface area contributed by atoms with E-state index in [1.165, 1.54) is 0 Å². The third-order valence-corrected chi connectivity index (χ3v) is 5.64. The molecular weight excluding hydrogens is 352 g/mol. The van der Waals surface area contributed by atoms with Crippen LogP contribution in [0.2, 0.25) is 25.7 Å². The van der Waals surface area contributed by atoms with Gasteiger partial charge in [-0.15, -0.1) is 0 Å². The summed E-state index contributed by atoms with van der Waals surface area (Å²) in [7, 11) is 0.480. The summed E-state index contributed by atoms with van der Waals surface area (Å²) in [5, 5.41) is 0. The first kappa shape index (κ1) is 16.4. The van der Waals surface area contributed by atoms with Crippen molar-refractivity contribution in [1.82, 2.24) is 4.98 Å². The molecule has 21 heavy (non-hydrogen) atoms. The molecule has 1 aliphatic rings. The number of ether oxygens (including phenoxy) is 2. The number of anilines is 1. The maximum absolute atomic E-state index is 12.1. The molecule has 1 aromatic heterocycles. The van der Waals surface area contributed by atoms with E-state index in [1.807, 2.05) is 0 Å². The van der Waals surface area contributed by atoms with Gasteiger partial charge in [-0.3, -0.25) is 9.69 Å². The molecule has 0 radical (unpaired) electrons. The fourth-order valence-electron chi connectivity index (χ4n) is 2.14. The molecule has 0 N–H and O–H groups in total. The number of carbonyl (C=O) groups excluding carboxylic acids is 1. The number of rotatable bonds is 6. The third-order valence-electron chi connectivity index (χ3n) is 3.37. The highest BCUT2D eigenvalue weighted by Crippen LogP contribution is 2.38. The van der Waals surface area contributed by atoms with Crippen LogP contribution in [-0.4, -0.2) is 39.4 Å². The minimum atomic E-state index is -1.12. The fourth-order valence-corrected chi connectivity index (χ4v) is 3.41. The number of carbonyl (C=O) groups is 1. The van der Waals surface area contributed by atoms with Crippen LogP contribution in [0.3, 0.4) is 0 Å². The van der Waals surface area contributed by atoms with Gasteiger partial charge < -0.3 is 9.47 Å². The predicted molar refractivity (Wildman–Crippen MR) is 88.7 cm³/mol. The van der Waals surface area contributed by atoms with Crippen molar-refractivity contribution in [2.75, 3.05) is 25.3 Å². The van der Waals surface area contributed by atoms with Crippen LogP contribution in [0.25, 0.3) is 0 Å². The molecule has 1 aliphatic heterocycles. The lowest BCUT2D eigenvalue weighted by molar-refractivity contribution is -0.118. The number of hydrogen-bond donors (Lipinski definition) is 0. The van der Waals surface area contributed by atoms with E-state index in [0.717, 1.165) is 16.1 Å². The second kappa shape index (κ2) is 6.45. The Kier molecular flexibility index (Phi) is 5.06. The molecule has 0 spiro atoms. The van der Waals surface area contributed by atoms with Crippen molar-refractivity contribution in [2.24, 2.45) is 0 Å². The number of nitrogens with zero attached hydrogens (tertiary/aromatic N) is 2. The fraction of sp³-hybridized carbons (Fsp3) is 0.571. The summed E-state index contributed by atoms with van der Waals surface area (Å²) in [4.78, 5) is 18.1. The van der Waals surface area contributed by atoms with Crippen molar-refractivity contribution >= 4 is 35.7 Å². The van der Waals surface area contributed by atoms with E-state index < -0.39 is 8.07 Å². The molecule has 0 saturated heterocycles. The van der Waals surface area contributed by atoms with Gasteiger partial charge in [0.05, 0.1) is 18.0 Å². The molecule has 1 aromatic rings. The normalized spacial score (nSPS) is 14.5. The first-order chi connectivity index (χ1) is 9.83. The zero-order valence-corrected chi connectivity index (χ0v) is 15.5. The van der Waals surface area contributed by atoms with Crippen molar-refractivity contribution in [1.29, 1.82) is 0 Å². The van der Waals surface area contributed by atoms with Gasteiger partial charge in [-0.25, -0.2) is 4.98 Å². The average Bonchev–Trinajstić information content (AvgIpc) is 2.69. The number of pyridine rings is 1. The zero-order chi connectivity index (χ0) is 15.6. The second-order valence-corrected chi connectivity index (χ2v) is 12.8. The Morgan fingerprint density at radius 2 is 2.14 bits per heavy atom. The van der Waals surface area contributed by atoms with Gasteiger partial charge in [0, 0.05) is 26.4 Å². The first-order valence-electron chi connectivity index (χ1n) is 6.93. The van der Waals surface area contributed by atoms with Crippen molar-refractivity contribution in [3.05, 3.63) is 16.2 Å². The lowest BCUT2D eigenvalue weighted by atomic mass is 10.2. The van der Waals surface area contributed by atoms with Gasteiger partial charge in [-0.05, 0) is 22.0 Å². The van der Waals surface area contributed by atoms with E-state index in [1.54, 1.807) is 18.2 Å². The summed E-state index contributed by atoms with van der Waals surface area (Å²) in [6.45, 7) is 7.85. The van der Waals surface area contributed by atoms with Gasteiger partial charge in [-0.2, -0.15) is 0 Å². The maximum Gasteiger partial charge on any atom is 0.234 e. The van der Waals surface area contributed by atoms with E-state index in [9.17, 15) is 4.79 Å². The van der Waals surface area contributed by atoms with Gasteiger partial charge in [-0.1, -0.05) is 19.6 Å². The molecule has 7 heteroatoms. The Morgan fingerprint density at radius 3 is 2.76 bits per heavy atom. The molecule has 0 unspecified atom stereocenters. The Labute approximate surface area is 134 Å². The predicted octanol–water partition coefficient (Wildman–Crippen LogP) is 3.05. The largest absolute Gasteiger partial charge is 0.495 e. The standard InChI is InChI=1S/C14H21BrN2O3Si/c1-19-13-10-7-12(18)17(14(10)16-8-11(13)15)9-20-5-6-21(2,3)4/h8H,5-7,9H2,1-4H3. The lowest BCUT2D eigenvalue weighted by Gasteiger charge is -2.19. The Hall–Kier alpha value is -0.923. The molecule has 0 fully saturated rings. The van der Waals surface area contributed by atoms with Crippen LogP contribution < -0.4 is 9.64 Å². The van der Waals surface area contributed by atoms with Crippen LogP contribution >= 0.6 is 15.9 Å². The number of amides is 1. The molecule has 5 nitrogen and oxygen atoms in total. The van der Waals surface area contributed by atoms with Crippen LogP contribution in [-0.2, 0) is 16.0 Å². The Morgan fingerprint density at radius 1 is 1.43 bits per heavy atom. The highest BCUT2D eigenvalue weighted by atomic mass is 79.9. The molecule has 2 rings (SSSR count). The van der Waals surface area contributed by atoms with Crippen LogP contribution in [0.4, 0.5) is 5.82 Å². The highest BCUT2D eigenvalue weighted by molar-refractivity contribution is 9.10. The van der Waals surface area contributed by atoms with E-state index in [0.29, 0.717) is 24.6 Å². The number of aromatic nitrogens is 1. The minimum absolute atomic E-state index is 0.00176. The summed E-state index contributed by atoms with van der Waals surface area (Å²) >= 11 is 3.39. The smallest absolute Gasteiger partial charge is 0.234 e. The molecule has 2 heterocycles. The average molecular weight is 373 g/mol. The topological polar surface area (TPSA) is 51.7 Å². The zero-order valence-electron chi connectivity index (χ0n) is 12.9. The molecular formula is C14H21BrN2O3Si. The summed E-state index contributed by atoms with van der Waals surface area (Å²) in [6.07, 6.45) is 1.97.